The second-order valence-electron chi connectivity index (χ2n) is 5.25. The van der Waals surface area contributed by atoms with Crippen LogP contribution in [-0.2, 0) is 9.53 Å². The Hall–Kier alpha value is -2.35. The van der Waals surface area contributed by atoms with E-state index in [9.17, 15) is 4.79 Å². The second-order valence-corrected chi connectivity index (χ2v) is 5.25. The standard InChI is InChI=1S/C19H18O2/c1-21-19(20)18-16(14-8-4-2-5-9-14)12-13-17(18)15-10-6-3-7-11-15/h2-11,16H,12-13H2,1H3/t16-/m1/s1. The van der Waals surface area contributed by atoms with Gasteiger partial charge in [-0.1, -0.05) is 60.7 Å². The molecular weight excluding hydrogens is 260 g/mol. The van der Waals surface area contributed by atoms with E-state index in [0.717, 1.165) is 29.6 Å². The summed E-state index contributed by atoms with van der Waals surface area (Å²) in [6, 6.07) is 20.3. The Labute approximate surface area is 125 Å². The zero-order chi connectivity index (χ0) is 14.7. The highest BCUT2D eigenvalue weighted by Crippen LogP contribution is 2.44. The predicted molar refractivity (Wildman–Crippen MR) is 83.8 cm³/mol. The summed E-state index contributed by atoms with van der Waals surface area (Å²) in [5.41, 5.74) is 4.24. The quantitative estimate of drug-likeness (QED) is 0.787. The molecule has 0 fully saturated rings. The van der Waals surface area contributed by atoms with Crippen LogP contribution >= 0.6 is 0 Å². The van der Waals surface area contributed by atoms with Crippen molar-refractivity contribution in [1.29, 1.82) is 0 Å². The first kappa shape index (κ1) is 13.6. The molecule has 3 rings (SSSR count). The van der Waals surface area contributed by atoms with E-state index in [-0.39, 0.29) is 11.9 Å². The summed E-state index contributed by atoms with van der Waals surface area (Å²) >= 11 is 0. The van der Waals surface area contributed by atoms with E-state index in [2.05, 4.69) is 24.3 Å². The first-order valence-corrected chi connectivity index (χ1v) is 7.23. The van der Waals surface area contributed by atoms with E-state index in [1.54, 1.807) is 0 Å². The van der Waals surface area contributed by atoms with Crippen molar-refractivity contribution >= 4 is 11.5 Å². The maximum Gasteiger partial charge on any atom is 0.334 e. The third kappa shape index (κ3) is 2.62. The molecule has 0 radical (unpaired) electrons. The van der Waals surface area contributed by atoms with Gasteiger partial charge in [0.1, 0.15) is 0 Å². The SMILES string of the molecule is COC(=O)C1=C(c2ccccc2)CC[C@@H]1c1ccccc1. The van der Waals surface area contributed by atoms with Crippen molar-refractivity contribution in [2.24, 2.45) is 0 Å². The Bertz CT molecular complexity index is 656. The van der Waals surface area contributed by atoms with Gasteiger partial charge in [-0.2, -0.15) is 0 Å². The molecule has 0 heterocycles. The summed E-state index contributed by atoms with van der Waals surface area (Å²) in [5, 5.41) is 0. The van der Waals surface area contributed by atoms with E-state index in [1.165, 1.54) is 12.7 Å². The highest BCUT2D eigenvalue weighted by Gasteiger charge is 2.32. The summed E-state index contributed by atoms with van der Waals surface area (Å²) in [4.78, 5) is 12.3. The van der Waals surface area contributed by atoms with Gasteiger partial charge in [-0.3, -0.25) is 0 Å². The van der Waals surface area contributed by atoms with E-state index in [0.29, 0.717) is 0 Å². The number of methoxy groups -OCH3 is 1. The molecule has 0 bridgehead atoms. The average Bonchev–Trinajstić information content (AvgIpc) is 3.00. The van der Waals surface area contributed by atoms with Crippen LogP contribution in [0.25, 0.3) is 5.57 Å². The lowest BCUT2D eigenvalue weighted by Gasteiger charge is -2.14. The molecule has 0 unspecified atom stereocenters. The molecule has 1 aliphatic rings. The van der Waals surface area contributed by atoms with Gasteiger partial charge < -0.3 is 4.74 Å². The van der Waals surface area contributed by atoms with E-state index in [4.69, 9.17) is 4.74 Å². The summed E-state index contributed by atoms with van der Waals surface area (Å²) in [5.74, 6) is -0.0749. The molecule has 2 aromatic carbocycles. The van der Waals surface area contributed by atoms with Gasteiger partial charge in [-0.15, -0.1) is 0 Å². The lowest BCUT2D eigenvalue weighted by molar-refractivity contribution is -0.136. The van der Waals surface area contributed by atoms with Crippen LogP contribution < -0.4 is 0 Å². The van der Waals surface area contributed by atoms with Crippen molar-refractivity contribution < 1.29 is 9.53 Å². The number of ether oxygens (including phenoxy) is 1. The second kappa shape index (κ2) is 5.96. The maximum absolute atomic E-state index is 12.3. The fraction of sp³-hybridized carbons (Fsp3) is 0.211. The molecule has 1 atom stereocenters. The van der Waals surface area contributed by atoms with Crippen molar-refractivity contribution in [3.63, 3.8) is 0 Å². The molecule has 2 aromatic rings. The molecule has 0 amide bonds. The van der Waals surface area contributed by atoms with Crippen LogP contribution in [0.2, 0.25) is 0 Å². The Morgan fingerprint density at radius 1 is 1.00 bits per heavy atom. The van der Waals surface area contributed by atoms with Crippen LogP contribution in [0.3, 0.4) is 0 Å². The van der Waals surface area contributed by atoms with Gasteiger partial charge in [0.25, 0.3) is 0 Å². The summed E-state index contributed by atoms with van der Waals surface area (Å²) < 4.78 is 5.04. The fourth-order valence-corrected chi connectivity index (χ4v) is 3.11. The minimum absolute atomic E-state index is 0.133. The first-order valence-electron chi connectivity index (χ1n) is 7.23. The van der Waals surface area contributed by atoms with Gasteiger partial charge in [0.2, 0.25) is 0 Å². The molecule has 0 aromatic heterocycles. The topological polar surface area (TPSA) is 26.3 Å². The largest absolute Gasteiger partial charge is 0.466 e. The molecule has 106 valence electrons. The molecular formula is C19H18O2. The number of hydrogen-bond donors (Lipinski definition) is 0. The van der Waals surface area contributed by atoms with Crippen molar-refractivity contribution in [2.75, 3.05) is 7.11 Å². The Kier molecular flexibility index (Phi) is 3.87. The monoisotopic (exact) mass is 278 g/mol. The summed E-state index contributed by atoms with van der Waals surface area (Å²) in [6.45, 7) is 0. The Balaban J connectivity index is 2.08. The van der Waals surface area contributed by atoms with Gasteiger partial charge in [0.15, 0.2) is 0 Å². The van der Waals surface area contributed by atoms with E-state index < -0.39 is 0 Å². The number of rotatable bonds is 3. The van der Waals surface area contributed by atoms with Gasteiger partial charge in [0, 0.05) is 11.5 Å². The minimum atomic E-state index is -0.208. The van der Waals surface area contributed by atoms with Gasteiger partial charge >= 0.3 is 5.97 Å². The summed E-state index contributed by atoms with van der Waals surface area (Å²) in [7, 11) is 1.46. The first-order chi connectivity index (χ1) is 10.3. The molecule has 0 saturated heterocycles. The molecule has 21 heavy (non-hydrogen) atoms. The number of hydrogen-bond acceptors (Lipinski definition) is 2. The van der Waals surface area contributed by atoms with Crippen LogP contribution in [0.4, 0.5) is 0 Å². The highest BCUT2D eigenvalue weighted by molar-refractivity contribution is 6.00. The van der Waals surface area contributed by atoms with Crippen LogP contribution in [0.15, 0.2) is 66.2 Å². The zero-order valence-electron chi connectivity index (χ0n) is 12.1. The van der Waals surface area contributed by atoms with Crippen LogP contribution in [0.1, 0.15) is 29.9 Å². The third-order valence-electron chi connectivity index (χ3n) is 4.09. The summed E-state index contributed by atoms with van der Waals surface area (Å²) in [6.07, 6.45) is 1.87. The molecule has 0 spiro atoms. The van der Waals surface area contributed by atoms with Gasteiger partial charge in [-0.05, 0) is 29.5 Å². The van der Waals surface area contributed by atoms with Gasteiger partial charge in [-0.25, -0.2) is 4.79 Å². The molecule has 0 aliphatic heterocycles. The fourth-order valence-electron chi connectivity index (χ4n) is 3.11. The number of benzene rings is 2. The van der Waals surface area contributed by atoms with Crippen molar-refractivity contribution in [1.82, 2.24) is 0 Å². The lowest BCUT2D eigenvalue weighted by Crippen LogP contribution is -2.11. The molecule has 0 saturated carbocycles. The van der Waals surface area contributed by atoms with Crippen LogP contribution in [0.5, 0.6) is 0 Å². The number of carbonyl (C=O) groups excluding carboxylic acids is 1. The number of carbonyl (C=O) groups is 1. The van der Waals surface area contributed by atoms with E-state index in [1.807, 2.05) is 36.4 Å². The molecule has 2 heteroatoms. The smallest absolute Gasteiger partial charge is 0.334 e. The number of esters is 1. The third-order valence-corrected chi connectivity index (χ3v) is 4.09. The average molecular weight is 278 g/mol. The molecule has 2 nitrogen and oxygen atoms in total. The maximum atomic E-state index is 12.3. The van der Waals surface area contributed by atoms with Crippen molar-refractivity contribution in [3.8, 4) is 0 Å². The minimum Gasteiger partial charge on any atom is -0.466 e. The van der Waals surface area contributed by atoms with Gasteiger partial charge in [0.05, 0.1) is 7.11 Å². The predicted octanol–water partition coefficient (Wildman–Crippen LogP) is 4.19. The van der Waals surface area contributed by atoms with Crippen LogP contribution in [0, 0.1) is 0 Å². The molecule has 1 aliphatic carbocycles. The van der Waals surface area contributed by atoms with Crippen LogP contribution in [-0.4, -0.2) is 13.1 Å². The van der Waals surface area contributed by atoms with Crippen molar-refractivity contribution in [3.05, 3.63) is 77.4 Å². The number of allylic oxidation sites excluding steroid dienone is 1. The Morgan fingerprint density at radius 3 is 2.24 bits per heavy atom. The lowest BCUT2D eigenvalue weighted by atomic mass is 9.91. The zero-order valence-corrected chi connectivity index (χ0v) is 12.1. The molecule has 0 N–H and O–H groups in total. The van der Waals surface area contributed by atoms with Crippen molar-refractivity contribution in [2.45, 2.75) is 18.8 Å². The Morgan fingerprint density at radius 2 is 1.62 bits per heavy atom. The highest BCUT2D eigenvalue weighted by atomic mass is 16.5. The normalized spacial score (nSPS) is 17.9. The van der Waals surface area contributed by atoms with E-state index >= 15 is 0 Å².